The van der Waals surface area contributed by atoms with Crippen LogP contribution in [0.3, 0.4) is 0 Å². The Morgan fingerprint density at radius 1 is 1.21 bits per heavy atom. The molecule has 2 aromatic rings. The molecule has 0 radical (unpaired) electrons. The number of tetrazole rings is 1. The van der Waals surface area contributed by atoms with Crippen molar-refractivity contribution in [3.63, 3.8) is 0 Å². The Labute approximate surface area is 111 Å². The van der Waals surface area contributed by atoms with Crippen LogP contribution in [-0.2, 0) is 6.54 Å². The molecule has 6 heteroatoms. The fourth-order valence-corrected chi connectivity index (χ4v) is 2.45. The van der Waals surface area contributed by atoms with E-state index in [-0.39, 0.29) is 5.75 Å². The lowest BCUT2D eigenvalue weighted by atomic mass is 9.98. The third-order valence-corrected chi connectivity index (χ3v) is 3.55. The lowest BCUT2D eigenvalue weighted by Crippen LogP contribution is -2.30. The zero-order chi connectivity index (χ0) is 13.1. The number of benzene rings is 1. The SMILES string of the molecule is Oc1ccc(-c2nnnn2CC2CCNCC2)cc1. The lowest BCUT2D eigenvalue weighted by molar-refractivity contribution is 0.320. The summed E-state index contributed by atoms with van der Waals surface area (Å²) in [4.78, 5) is 0. The Bertz CT molecular complexity index is 530. The van der Waals surface area contributed by atoms with Gasteiger partial charge in [-0.1, -0.05) is 0 Å². The molecule has 2 N–H and O–H groups in total. The molecule has 1 aromatic heterocycles. The molecule has 0 bridgehead atoms. The maximum Gasteiger partial charge on any atom is 0.182 e. The van der Waals surface area contributed by atoms with Crippen LogP contribution in [-0.4, -0.2) is 38.4 Å². The number of hydrogen-bond donors (Lipinski definition) is 2. The summed E-state index contributed by atoms with van der Waals surface area (Å²) in [6, 6.07) is 6.97. The van der Waals surface area contributed by atoms with Gasteiger partial charge in [0.25, 0.3) is 0 Å². The first-order valence-corrected chi connectivity index (χ1v) is 6.59. The normalized spacial score (nSPS) is 16.6. The van der Waals surface area contributed by atoms with Crippen molar-refractivity contribution in [2.45, 2.75) is 19.4 Å². The van der Waals surface area contributed by atoms with Gasteiger partial charge in [-0.2, -0.15) is 0 Å². The van der Waals surface area contributed by atoms with Crippen LogP contribution < -0.4 is 5.32 Å². The first-order valence-electron chi connectivity index (χ1n) is 6.59. The molecule has 1 aromatic carbocycles. The number of aromatic nitrogens is 4. The molecule has 3 rings (SSSR count). The molecule has 0 spiro atoms. The van der Waals surface area contributed by atoms with Gasteiger partial charge in [0.05, 0.1) is 0 Å². The van der Waals surface area contributed by atoms with Crippen LogP contribution in [0.25, 0.3) is 11.4 Å². The molecule has 2 heterocycles. The van der Waals surface area contributed by atoms with E-state index in [1.165, 1.54) is 0 Å². The van der Waals surface area contributed by atoms with Crippen LogP contribution >= 0.6 is 0 Å². The highest BCUT2D eigenvalue weighted by Gasteiger charge is 2.17. The number of rotatable bonds is 3. The van der Waals surface area contributed by atoms with Crippen molar-refractivity contribution >= 4 is 0 Å². The average molecular weight is 259 g/mol. The number of phenolic OH excluding ortho intramolecular Hbond substituents is 1. The van der Waals surface area contributed by atoms with Gasteiger partial charge in [0, 0.05) is 12.1 Å². The number of phenols is 1. The summed E-state index contributed by atoms with van der Waals surface area (Å²) in [5.41, 5.74) is 0.928. The van der Waals surface area contributed by atoms with Gasteiger partial charge < -0.3 is 10.4 Å². The van der Waals surface area contributed by atoms with E-state index in [0.717, 1.165) is 43.9 Å². The van der Waals surface area contributed by atoms with Gasteiger partial charge in [-0.25, -0.2) is 4.68 Å². The Balaban J connectivity index is 1.79. The molecule has 0 saturated carbocycles. The van der Waals surface area contributed by atoms with E-state index in [1.54, 1.807) is 12.1 Å². The van der Waals surface area contributed by atoms with E-state index in [2.05, 4.69) is 20.8 Å². The maximum absolute atomic E-state index is 9.32. The van der Waals surface area contributed by atoms with E-state index < -0.39 is 0 Å². The van der Waals surface area contributed by atoms with E-state index in [1.807, 2.05) is 16.8 Å². The number of piperidine rings is 1. The van der Waals surface area contributed by atoms with Gasteiger partial charge in [0.2, 0.25) is 0 Å². The van der Waals surface area contributed by atoms with Crippen molar-refractivity contribution in [2.24, 2.45) is 5.92 Å². The molecule has 0 unspecified atom stereocenters. The predicted octanol–water partition coefficient (Wildman–Crippen LogP) is 1.05. The Kier molecular flexibility index (Phi) is 3.41. The van der Waals surface area contributed by atoms with Crippen LogP contribution in [0.1, 0.15) is 12.8 Å². The summed E-state index contributed by atoms with van der Waals surface area (Å²) in [7, 11) is 0. The van der Waals surface area contributed by atoms with Crippen LogP contribution in [0.4, 0.5) is 0 Å². The van der Waals surface area contributed by atoms with Crippen molar-refractivity contribution in [1.82, 2.24) is 25.5 Å². The third kappa shape index (κ3) is 2.73. The topological polar surface area (TPSA) is 75.9 Å². The third-order valence-electron chi connectivity index (χ3n) is 3.55. The number of hydrogen-bond acceptors (Lipinski definition) is 5. The molecular formula is C13H17N5O. The van der Waals surface area contributed by atoms with Gasteiger partial charge in [0.15, 0.2) is 5.82 Å². The van der Waals surface area contributed by atoms with Gasteiger partial charge in [0.1, 0.15) is 5.75 Å². The zero-order valence-electron chi connectivity index (χ0n) is 10.7. The summed E-state index contributed by atoms with van der Waals surface area (Å²) in [5, 5.41) is 24.6. The molecule has 0 amide bonds. The van der Waals surface area contributed by atoms with Crippen molar-refractivity contribution in [3.05, 3.63) is 24.3 Å². The Morgan fingerprint density at radius 3 is 2.68 bits per heavy atom. The van der Waals surface area contributed by atoms with Crippen molar-refractivity contribution in [1.29, 1.82) is 0 Å². The van der Waals surface area contributed by atoms with Crippen molar-refractivity contribution in [2.75, 3.05) is 13.1 Å². The van der Waals surface area contributed by atoms with E-state index >= 15 is 0 Å². The summed E-state index contributed by atoms with van der Waals surface area (Å²) in [5.74, 6) is 1.64. The molecular weight excluding hydrogens is 242 g/mol. The molecule has 1 fully saturated rings. The van der Waals surface area contributed by atoms with E-state index in [0.29, 0.717) is 5.92 Å². The molecule has 1 aliphatic heterocycles. The average Bonchev–Trinajstić information content (AvgIpc) is 2.89. The van der Waals surface area contributed by atoms with E-state index in [9.17, 15) is 5.11 Å². The fourth-order valence-electron chi connectivity index (χ4n) is 2.45. The summed E-state index contributed by atoms with van der Waals surface area (Å²) < 4.78 is 1.86. The maximum atomic E-state index is 9.32. The number of nitrogens with zero attached hydrogens (tertiary/aromatic N) is 4. The van der Waals surface area contributed by atoms with Gasteiger partial charge >= 0.3 is 0 Å². The molecule has 0 atom stereocenters. The largest absolute Gasteiger partial charge is 0.508 e. The standard InChI is InChI=1S/C13H17N5O/c19-12-3-1-11(2-4-12)13-15-16-17-18(13)9-10-5-7-14-8-6-10/h1-4,10,14,19H,5-9H2. The highest BCUT2D eigenvalue weighted by Crippen LogP contribution is 2.21. The van der Waals surface area contributed by atoms with Crippen LogP contribution in [0, 0.1) is 5.92 Å². The number of aromatic hydroxyl groups is 1. The van der Waals surface area contributed by atoms with E-state index in [4.69, 9.17) is 0 Å². The van der Waals surface area contributed by atoms with Crippen molar-refractivity contribution in [3.8, 4) is 17.1 Å². The highest BCUT2D eigenvalue weighted by atomic mass is 16.3. The monoisotopic (exact) mass is 259 g/mol. The minimum absolute atomic E-state index is 0.251. The lowest BCUT2D eigenvalue weighted by Gasteiger charge is -2.22. The molecule has 100 valence electrons. The van der Waals surface area contributed by atoms with Gasteiger partial charge in [-0.15, -0.1) is 5.10 Å². The van der Waals surface area contributed by atoms with Crippen molar-refractivity contribution < 1.29 is 5.11 Å². The zero-order valence-corrected chi connectivity index (χ0v) is 10.7. The first-order chi connectivity index (χ1) is 9.33. The first kappa shape index (κ1) is 12.1. The fraction of sp³-hybridized carbons (Fsp3) is 0.462. The summed E-state index contributed by atoms with van der Waals surface area (Å²) in [6.07, 6.45) is 2.32. The highest BCUT2D eigenvalue weighted by molar-refractivity contribution is 5.55. The quantitative estimate of drug-likeness (QED) is 0.861. The van der Waals surface area contributed by atoms with Crippen LogP contribution in [0.15, 0.2) is 24.3 Å². The summed E-state index contributed by atoms with van der Waals surface area (Å²) >= 11 is 0. The molecule has 6 nitrogen and oxygen atoms in total. The molecule has 0 aliphatic carbocycles. The Hall–Kier alpha value is -1.95. The second-order valence-corrected chi connectivity index (χ2v) is 4.92. The Morgan fingerprint density at radius 2 is 1.95 bits per heavy atom. The van der Waals surface area contributed by atoms with Crippen LogP contribution in [0.5, 0.6) is 5.75 Å². The minimum Gasteiger partial charge on any atom is -0.508 e. The molecule has 19 heavy (non-hydrogen) atoms. The number of nitrogens with one attached hydrogen (secondary N) is 1. The minimum atomic E-state index is 0.251. The molecule has 1 aliphatic rings. The van der Waals surface area contributed by atoms with Gasteiger partial charge in [-0.05, 0) is 66.5 Å². The van der Waals surface area contributed by atoms with Gasteiger partial charge in [-0.3, -0.25) is 0 Å². The molecule has 1 saturated heterocycles. The smallest absolute Gasteiger partial charge is 0.182 e. The van der Waals surface area contributed by atoms with Crippen LogP contribution in [0.2, 0.25) is 0 Å². The second kappa shape index (κ2) is 5.36. The summed E-state index contributed by atoms with van der Waals surface area (Å²) in [6.45, 7) is 2.99. The predicted molar refractivity (Wildman–Crippen MR) is 70.5 cm³/mol. The second-order valence-electron chi connectivity index (χ2n) is 4.92.